The van der Waals surface area contributed by atoms with E-state index in [1.54, 1.807) is 0 Å². The molecule has 0 fully saturated rings. The first-order valence-electron chi connectivity index (χ1n) is 7.91. The molecule has 0 saturated heterocycles. The second-order valence-corrected chi connectivity index (χ2v) is 6.23. The second-order valence-electron chi connectivity index (χ2n) is 6.23. The van der Waals surface area contributed by atoms with Crippen LogP contribution in [0, 0.1) is 12.8 Å². The Hall–Kier alpha value is -1.61. The predicted octanol–water partition coefficient (Wildman–Crippen LogP) is 3.42. The first-order valence-corrected chi connectivity index (χ1v) is 7.91. The van der Waals surface area contributed by atoms with Crippen molar-refractivity contribution < 1.29 is 0 Å². The zero-order chi connectivity index (χ0) is 15.1. The van der Waals surface area contributed by atoms with Gasteiger partial charge in [-0.3, -0.25) is 4.68 Å². The van der Waals surface area contributed by atoms with E-state index in [0.29, 0.717) is 0 Å². The molecule has 1 aromatic carbocycles. The van der Waals surface area contributed by atoms with Gasteiger partial charge in [-0.15, -0.1) is 0 Å². The highest BCUT2D eigenvalue weighted by atomic mass is 15.3. The van der Waals surface area contributed by atoms with Crippen LogP contribution in [0.2, 0.25) is 0 Å². The topological polar surface area (TPSA) is 29.9 Å². The van der Waals surface area contributed by atoms with Crippen LogP contribution < -0.4 is 5.32 Å². The normalized spacial score (nSPS) is 11.2. The Morgan fingerprint density at radius 2 is 1.90 bits per heavy atom. The molecule has 2 rings (SSSR count). The third-order valence-corrected chi connectivity index (χ3v) is 3.52. The highest BCUT2D eigenvalue weighted by Gasteiger charge is 2.00. The maximum atomic E-state index is 4.46. The monoisotopic (exact) mass is 285 g/mol. The van der Waals surface area contributed by atoms with E-state index in [0.717, 1.165) is 32.0 Å². The van der Waals surface area contributed by atoms with Crippen LogP contribution in [-0.2, 0) is 13.0 Å². The smallest absolute Gasteiger partial charge is 0.0659 e. The number of aromatic nitrogens is 2. The van der Waals surface area contributed by atoms with E-state index in [1.165, 1.54) is 23.1 Å². The molecule has 0 amide bonds. The van der Waals surface area contributed by atoms with E-state index in [2.05, 4.69) is 61.6 Å². The van der Waals surface area contributed by atoms with Crippen molar-refractivity contribution in [3.05, 3.63) is 53.3 Å². The van der Waals surface area contributed by atoms with Gasteiger partial charge in [-0.1, -0.05) is 43.7 Å². The van der Waals surface area contributed by atoms with Crippen LogP contribution in [0.3, 0.4) is 0 Å². The van der Waals surface area contributed by atoms with Crippen molar-refractivity contribution in [3.8, 4) is 0 Å². The SMILES string of the molecule is Cc1ccc(Cn2cc(CCCNCC(C)C)cn2)cc1. The Balaban J connectivity index is 1.75. The zero-order valence-corrected chi connectivity index (χ0v) is 13.5. The molecule has 0 unspecified atom stereocenters. The molecule has 0 saturated carbocycles. The van der Waals surface area contributed by atoms with Gasteiger partial charge in [-0.2, -0.15) is 5.10 Å². The lowest BCUT2D eigenvalue weighted by Gasteiger charge is -2.06. The molecule has 0 spiro atoms. The van der Waals surface area contributed by atoms with Crippen molar-refractivity contribution in [3.63, 3.8) is 0 Å². The van der Waals surface area contributed by atoms with Gasteiger partial charge in [0.1, 0.15) is 0 Å². The Bertz CT molecular complexity index is 526. The third kappa shape index (κ3) is 5.72. The molecule has 114 valence electrons. The average molecular weight is 285 g/mol. The maximum Gasteiger partial charge on any atom is 0.0659 e. The average Bonchev–Trinajstić information content (AvgIpc) is 2.88. The highest BCUT2D eigenvalue weighted by molar-refractivity contribution is 5.21. The number of aryl methyl sites for hydroxylation is 2. The largest absolute Gasteiger partial charge is 0.316 e. The Morgan fingerprint density at radius 1 is 1.14 bits per heavy atom. The van der Waals surface area contributed by atoms with Crippen LogP contribution in [0.25, 0.3) is 0 Å². The first-order chi connectivity index (χ1) is 10.1. The molecular formula is C18H27N3. The maximum absolute atomic E-state index is 4.46. The molecule has 3 heteroatoms. The summed E-state index contributed by atoms with van der Waals surface area (Å²) in [5.41, 5.74) is 3.93. The van der Waals surface area contributed by atoms with Crippen molar-refractivity contribution in [2.24, 2.45) is 5.92 Å². The standard InChI is InChI=1S/C18H27N3/c1-15(2)11-19-10-4-5-18-12-20-21(14-18)13-17-8-6-16(3)7-9-17/h6-9,12,14-15,19H,4-5,10-11,13H2,1-3H3. The molecule has 3 nitrogen and oxygen atoms in total. The summed E-state index contributed by atoms with van der Waals surface area (Å²) in [6.45, 7) is 9.63. The van der Waals surface area contributed by atoms with Crippen LogP contribution in [0.1, 0.15) is 37.0 Å². The molecule has 1 aromatic heterocycles. The number of rotatable bonds is 8. The quantitative estimate of drug-likeness (QED) is 0.753. The molecule has 1 N–H and O–H groups in total. The fraction of sp³-hybridized carbons (Fsp3) is 0.500. The molecule has 21 heavy (non-hydrogen) atoms. The van der Waals surface area contributed by atoms with Gasteiger partial charge in [0.25, 0.3) is 0 Å². The highest BCUT2D eigenvalue weighted by Crippen LogP contribution is 2.07. The zero-order valence-electron chi connectivity index (χ0n) is 13.5. The van der Waals surface area contributed by atoms with E-state index >= 15 is 0 Å². The van der Waals surface area contributed by atoms with E-state index in [-0.39, 0.29) is 0 Å². The van der Waals surface area contributed by atoms with Gasteiger partial charge in [-0.05, 0) is 49.9 Å². The van der Waals surface area contributed by atoms with E-state index < -0.39 is 0 Å². The van der Waals surface area contributed by atoms with Crippen molar-refractivity contribution in [1.29, 1.82) is 0 Å². The Labute approximate surface area is 128 Å². The lowest BCUT2D eigenvalue weighted by Crippen LogP contribution is -2.20. The number of hydrogen-bond donors (Lipinski definition) is 1. The number of benzene rings is 1. The van der Waals surface area contributed by atoms with E-state index in [4.69, 9.17) is 0 Å². The lowest BCUT2D eigenvalue weighted by molar-refractivity contribution is 0.543. The molecule has 0 atom stereocenters. The number of nitrogens with zero attached hydrogens (tertiary/aromatic N) is 2. The minimum absolute atomic E-state index is 0.724. The van der Waals surface area contributed by atoms with Gasteiger partial charge in [0.2, 0.25) is 0 Å². The number of nitrogens with one attached hydrogen (secondary N) is 1. The van der Waals surface area contributed by atoms with Gasteiger partial charge in [0.05, 0.1) is 12.7 Å². The van der Waals surface area contributed by atoms with Gasteiger partial charge < -0.3 is 5.32 Å². The molecule has 0 bridgehead atoms. The summed E-state index contributed by atoms with van der Waals surface area (Å²) in [4.78, 5) is 0. The van der Waals surface area contributed by atoms with Crippen molar-refractivity contribution >= 4 is 0 Å². The third-order valence-electron chi connectivity index (χ3n) is 3.52. The van der Waals surface area contributed by atoms with Gasteiger partial charge in [0, 0.05) is 6.20 Å². The molecule has 0 radical (unpaired) electrons. The van der Waals surface area contributed by atoms with Crippen LogP contribution >= 0.6 is 0 Å². The van der Waals surface area contributed by atoms with Crippen molar-refractivity contribution in [2.75, 3.05) is 13.1 Å². The molecule has 0 aliphatic heterocycles. The molecule has 1 heterocycles. The summed E-state index contributed by atoms with van der Waals surface area (Å²) < 4.78 is 2.03. The minimum Gasteiger partial charge on any atom is -0.316 e. The van der Waals surface area contributed by atoms with Gasteiger partial charge in [0.15, 0.2) is 0 Å². The Morgan fingerprint density at radius 3 is 2.62 bits per heavy atom. The summed E-state index contributed by atoms with van der Waals surface area (Å²) >= 11 is 0. The molecule has 2 aromatic rings. The number of hydrogen-bond acceptors (Lipinski definition) is 2. The first kappa shape index (κ1) is 15.8. The molecular weight excluding hydrogens is 258 g/mol. The summed E-state index contributed by atoms with van der Waals surface area (Å²) in [5, 5.41) is 7.94. The fourth-order valence-corrected chi connectivity index (χ4v) is 2.31. The van der Waals surface area contributed by atoms with Gasteiger partial charge >= 0.3 is 0 Å². The molecule has 0 aliphatic carbocycles. The Kier molecular flexibility index (Phi) is 6.00. The van der Waals surface area contributed by atoms with Crippen molar-refractivity contribution in [1.82, 2.24) is 15.1 Å². The summed E-state index contributed by atoms with van der Waals surface area (Å²) in [5.74, 6) is 0.724. The van der Waals surface area contributed by atoms with Crippen LogP contribution in [0.15, 0.2) is 36.7 Å². The molecule has 0 aliphatic rings. The predicted molar refractivity (Wildman–Crippen MR) is 88.5 cm³/mol. The summed E-state index contributed by atoms with van der Waals surface area (Å²) in [7, 11) is 0. The van der Waals surface area contributed by atoms with Crippen LogP contribution in [-0.4, -0.2) is 22.9 Å². The van der Waals surface area contributed by atoms with E-state index in [9.17, 15) is 0 Å². The summed E-state index contributed by atoms with van der Waals surface area (Å²) in [6.07, 6.45) is 6.43. The summed E-state index contributed by atoms with van der Waals surface area (Å²) in [6, 6.07) is 8.65. The van der Waals surface area contributed by atoms with Crippen LogP contribution in [0.4, 0.5) is 0 Å². The van der Waals surface area contributed by atoms with Crippen molar-refractivity contribution in [2.45, 2.75) is 40.2 Å². The second kappa shape index (κ2) is 7.99. The fourth-order valence-electron chi connectivity index (χ4n) is 2.31. The van der Waals surface area contributed by atoms with E-state index in [1.807, 2.05) is 10.9 Å². The lowest BCUT2D eigenvalue weighted by atomic mass is 10.1. The van der Waals surface area contributed by atoms with Gasteiger partial charge in [-0.25, -0.2) is 0 Å². The van der Waals surface area contributed by atoms with Crippen LogP contribution in [0.5, 0.6) is 0 Å². The minimum atomic E-state index is 0.724.